The number of ether oxygens (including phenoxy) is 1. The van der Waals surface area contributed by atoms with Crippen molar-refractivity contribution in [2.24, 2.45) is 5.73 Å². The van der Waals surface area contributed by atoms with E-state index in [0.29, 0.717) is 12.2 Å². The minimum atomic E-state index is -0.832. The number of halogens is 2. The highest BCUT2D eigenvalue weighted by Crippen LogP contribution is 2.22. The van der Waals surface area contributed by atoms with Gasteiger partial charge in [0.15, 0.2) is 11.6 Å². The fourth-order valence-corrected chi connectivity index (χ4v) is 1.59. The second-order valence-corrected chi connectivity index (χ2v) is 3.91. The van der Waals surface area contributed by atoms with Gasteiger partial charge in [0.2, 0.25) is 0 Å². The largest absolute Gasteiger partial charge is 0.373 e. The standard InChI is InChI=1S/C11H13F2NO/c12-10-2-1-7(3-11(10)13)6-15-9-4-8(14)5-9/h1-3,8-9H,4-6,14H2. The van der Waals surface area contributed by atoms with E-state index in [4.69, 9.17) is 10.5 Å². The average molecular weight is 213 g/mol. The van der Waals surface area contributed by atoms with E-state index >= 15 is 0 Å². The molecule has 1 aliphatic carbocycles. The first-order valence-electron chi connectivity index (χ1n) is 4.96. The van der Waals surface area contributed by atoms with Crippen LogP contribution in [0.3, 0.4) is 0 Å². The molecule has 2 N–H and O–H groups in total. The molecule has 82 valence electrons. The molecule has 1 saturated carbocycles. The van der Waals surface area contributed by atoms with Gasteiger partial charge in [-0.25, -0.2) is 8.78 Å². The summed E-state index contributed by atoms with van der Waals surface area (Å²) >= 11 is 0. The third-order valence-corrected chi connectivity index (χ3v) is 2.60. The maximum atomic E-state index is 12.8. The van der Waals surface area contributed by atoms with Crippen molar-refractivity contribution >= 4 is 0 Å². The van der Waals surface area contributed by atoms with Crippen LogP contribution in [0.1, 0.15) is 18.4 Å². The summed E-state index contributed by atoms with van der Waals surface area (Å²) in [5.74, 6) is -1.66. The highest BCUT2D eigenvalue weighted by atomic mass is 19.2. The highest BCUT2D eigenvalue weighted by molar-refractivity contribution is 5.16. The highest BCUT2D eigenvalue weighted by Gasteiger charge is 2.26. The molecule has 1 aromatic carbocycles. The fourth-order valence-electron chi connectivity index (χ4n) is 1.59. The number of benzene rings is 1. The number of hydrogen-bond acceptors (Lipinski definition) is 2. The molecule has 0 atom stereocenters. The van der Waals surface area contributed by atoms with Crippen LogP contribution in [-0.2, 0) is 11.3 Å². The zero-order valence-corrected chi connectivity index (χ0v) is 8.25. The number of hydrogen-bond donors (Lipinski definition) is 1. The van der Waals surface area contributed by atoms with Gasteiger partial charge in [0.25, 0.3) is 0 Å². The summed E-state index contributed by atoms with van der Waals surface area (Å²) < 4.78 is 30.9. The Morgan fingerprint density at radius 2 is 2.00 bits per heavy atom. The first-order valence-corrected chi connectivity index (χ1v) is 4.96. The van der Waals surface area contributed by atoms with E-state index in [1.807, 2.05) is 0 Å². The van der Waals surface area contributed by atoms with E-state index in [9.17, 15) is 8.78 Å². The molecule has 2 rings (SSSR count). The molecule has 0 aromatic heterocycles. The smallest absolute Gasteiger partial charge is 0.159 e. The van der Waals surface area contributed by atoms with Gasteiger partial charge in [-0.2, -0.15) is 0 Å². The van der Waals surface area contributed by atoms with Crippen LogP contribution in [0.2, 0.25) is 0 Å². The molecule has 0 aliphatic heterocycles. The van der Waals surface area contributed by atoms with Crippen LogP contribution < -0.4 is 5.73 Å². The van der Waals surface area contributed by atoms with Crippen LogP contribution in [0.25, 0.3) is 0 Å². The van der Waals surface area contributed by atoms with Crippen molar-refractivity contribution in [2.45, 2.75) is 31.6 Å². The molecule has 0 unspecified atom stereocenters. The minimum absolute atomic E-state index is 0.174. The molecule has 0 bridgehead atoms. The molecule has 15 heavy (non-hydrogen) atoms. The van der Waals surface area contributed by atoms with Crippen LogP contribution in [0.5, 0.6) is 0 Å². The monoisotopic (exact) mass is 213 g/mol. The van der Waals surface area contributed by atoms with Gasteiger partial charge < -0.3 is 10.5 Å². The Hall–Kier alpha value is -1.00. The molecule has 1 aliphatic rings. The Bertz CT molecular complexity index is 350. The van der Waals surface area contributed by atoms with Crippen LogP contribution in [0.4, 0.5) is 8.78 Å². The van der Waals surface area contributed by atoms with Crippen molar-refractivity contribution in [1.82, 2.24) is 0 Å². The van der Waals surface area contributed by atoms with E-state index in [0.717, 1.165) is 25.0 Å². The van der Waals surface area contributed by atoms with Gasteiger partial charge >= 0.3 is 0 Å². The molecule has 2 nitrogen and oxygen atoms in total. The zero-order valence-electron chi connectivity index (χ0n) is 8.25. The van der Waals surface area contributed by atoms with Gasteiger partial charge in [-0.15, -0.1) is 0 Å². The van der Waals surface area contributed by atoms with Crippen molar-refractivity contribution in [2.75, 3.05) is 0 Å². The first kappa shape index (κ1) is 10.5. The van der Waals surface area contributed by atoms with Gasteiger partial charge in [-0.05, 0) is 30.5 Å². The predicted octanol–water partition coefficient (Wildman–Crippen LogP) is 1.97. The second kappa shape index (κ2) is 4.24. The minimum Gasteiger partial charge on any atom is -0.373 e. The topological polar surface area (TPSA) is 35.2 Å². The molecule has 0 spiro atoms. The summed E-state index contributed by atoms with van der Waals surface area (Å²) in [5, 5.41) is 0. The summed E-state index contributed by atoms with van der Waals surface area (Å²) in [4.78, 5) is 0. The second-order valence-electron chi connectivity index (χ2n) is 3.91. The summed E-state index contributed by atoms with van der Waals surface area (Å²) in [6.45, 7) is 0.314. The lowest BCUT2D eigenvalue weighted by Crippen LogP contribution is -2.41. The molecule has 1 aromatic rings. The van der Waals surface area contributed by atoms with E-state index in [1.54, 1.807) is 0 Å². The van der Waals surface area contributed by atoms with Crippen molar-refractivity contribution in [3.05, 3.63) is 35.4 Å². The third-order valence-electron chi connectivity index (χ3n) is 2.60. The molecule has 0 amide bonds. The van der Waals surface area contributed by atoms with Crippen LogP contribution in [-0.4, -0.2) is 12.1 Å². The van der Waals surface area contributed by atoms with E-state index in [2.05, 4.69) is 0 Å². The summed E-state index contributed by atoms with van der Waals surface area (Å²) in [7, 11) is 0. The molecular weight excluding hydrogens is 200 g/mol. The third kappa shape index (κ3) is 2.52. The molecule has 4 heteroatoms. The molecule has 1 fully saturated rings. The molecule has 0 saturated heterocycles. The Kier molecular flexibility index (Phi) is 2.98. The van der Waals surface area contributed by atoms with E-state index in [1.165, 1.54) is 6.07 Å². The van der Waals surface area contributed by atoms with Gasteiger partial charge in [0.1, 0.15) is 0 Å². The van der Waals surface area contributed by atoms with Crippen molar-refractivity contribution < 1.29 is 13.5 Å². The Morgan fingerprint density at radius 1 is 1.27 bits per heavy atom. The fraction of sp³-hybridized carbons (Fsp3) is 0.455. The molecule has 0 radical (unpaired) electrons. The lowest BCUT2D eigenvalue weighted by Gasteiger charge is -2.32. The molecular formula is C11H13F2NO. The van der Waals surface area contributed by atoms with Gasteiger partial charge in [0.05, 0.1) is 12.7 Å². The number of nitrogens with two attached hydrogens (primary N) is 1. The lowest BCUT2D eigenvalue weighted by atomic mass is 9.90. The Balaban J connectivity index is 1.86. The van der Waals surface area contributed by atoms with Gasteiger partial charge in [-0.1, -0.05) is 6.07 Å². The van der Waals surface area contributed by atoms with Crippen molar-refractivity contribution in [3.63, 3.8) is 0 Å². The van der Waals surface area contributed by atoms with Crippen LogP contribution >= 0.6 is 0 Å². The summed E-state index contributed by atoms with van der Waals surface area (Å²) in [6.07, 6.45) is 1.88. The maximum Gasteiger partial charge on any atom is 0.159 e. The quantitative estimate of drug-likeness (QED) is 0.833. The SMILES string of the molecule is NC1CC(OCc2ccc(F)c(F)c2)C1. The van der Waals surface area contributed by atoms with Crippen molar-refractivity contribution in [1.29, 1.82) is 0 Å². The normalized spacial score (nSPS) is 25.0. The van der Waals surface area contributed by atoms with Crippen LogP contribution in [0.15, 0.2) is 18.2 Å². The van der Waals surface area contributed by atoms with Crippen molar-refractivity contribution in [3.8, 4) is 0 Å². The predicted molar refractivity (Wildman–Crippen MR) is 52.1 cm³/mol. The Labute approximate surface area is 87.0 Å². The average Bonchev–Trinajstić information content (AvgIpc) is 2.16. The Morgan fingerprint density at radius 3 is 2.60 bits per heavy atom. The summed E-state index contributed by atoms with van der Waals surface area (Å²) in [6, 6.07) is 4.03. The van der Waals surface area contributed by atoms with Crippen LogP contribution in [0, 0.1) is 11.6 Å². The summed E-state index contributed by atoms with van der Waals surface area (Å²) in [5.41, 5.74) is 6.24. The van der Waals surface area contributed by atoms with E-state index in [-0.39, 0.29) is 12.1 Å². The molecule has 0 heterocycles. The maximum absolute atomic E-state index is 12.8. The van der Waals surface area contributed by atoms with Gasteiger partial charge in [0, 0.05) is 6.04 Å². The van der Waals surface area contributed by atoms with E-state index < -0.39 is 11.6 Å². The zero-order chi connectivity index (χ0) is 10.8. The lowest BCUT2D eigenvalue weighted by molar-refractivity contribution is -0.0189. The number of rotatable bonds is 3. The first-order chi connectivity index (χ1) is 7.15. The van der Waals surface area contributed by atoms with Gasteiger partial charge in [-0.3, -0.25) is 0 Å².